The van der Waals surface area contributed by atoms with Crippen molar-refractivity contribution in [2.75, 3.05) is 11.5 Å². The smallest absolute Gasteiger partial charge is 0.241 e. The van der Waals surface area contributed by atoms with Crippen molar-refractivity contribution in [3.05, 3.63) is 23.5 Å². The van der Waals surface area contributed by atoms with Gasteiger partial charge in [0.1, 0.15) is 0 Å². The van der Waals surface area contributed by atoms with E-state index in [2.05, 4.69) is 26.4 Å². The Hall–Kier alpha value is -2.15. The van der Waals surface area contributed by atoms with Gasteiger partial charge in [-0.1, -0.05) is 12.8 Å². The van der Waals surface area contributed by atoms with Gasteiger partial charge in [0.25, 0.3) is 0 Å². The van der Waals surface area contributed by atoms with Crippen molar-refractivity contribution in [1.29, 1.82) is 0 Å². The Balaban J connectivity index is 1.55. The summed E-state index contributed by atoms with van der Waals surface area (Å²) < 4.78 is 1.55. The van der Waals surface area contributed by atoms with Crippen LogP contribution < -0.4 is 16.8 Å². The molecule has 122 valence electrons. The second-order valence-corrected chi connectivity index (χ2v) is 6.63. The highest BCUT2D eigenvalue weighted by Crippen LogP contribution is 2.25. The van der Waals surface area contributed by atoms with Crippen LogP contribution in [0.25, 0.3) is 5.69 Å². The first-order valence-corrected chi connectivity index (χ1v) is 8.41. The molecule has 1 atom stereocenters. The molecule has 2 aromatic rings. The van der Waals surface area contributed by atoms with Crippen molar-refractivity contribution >= 4 is 11.9 Å². The SMILES string of the molecule is Nc1nc(N)n(-c2cnc3c(c2)CC(NC2CCCC2)CC3)n1. The molecule has 2 heterocycles. The molecule has 0 amide bonds. The van der Waals surface area contributed by atoms with E-state index in [4.69, 9.17) is 11.5 Å². The van der Waals surface area contributed by atoms with Crippen LogP contribution in [0.2, 0.25) is 0 Å². The summed E-state index contributed by atoms with van der Waals surface area (Å²) in [5.41, 5.74) is 14.8. The second kappa shape index (κ2) is 5.81. The normalized spacial score (nSPS) is 21.5. The van der Waals surface area contributed by atoms with Gasteiger partial charge in [0, 0.05) is 17.8 Å². The van der Waals surface area contributed by atoms with Gasteiger partial charge in [0.2, 0.25) is 11.9 Å². The molecule has 0 aliphatic heterocycles. The van der Waals surface area contributed by atoms with Crippen molar-refractivity contribution < 1.29 is 0 Å². The van der Waals surface area contributed by atoms with E-state index in [1.807, 2.05) is 0 Å². The molecule has 0 radical (unpaired) electrons. The highest BCUT2D eigenvalue weighted by atomic mass is 15.4. The summed E-state index contributed by atoms with van der Waals surface area (Å²) in [7, 11) is 0. The van der Waals surface area contributed by atoms with E-state index < -0.39 is 0 Å². The van der Waals surface area contributed by atoms with Crippen molar-refractivity contribution in [1.82, 2.24) is 25.1 Å². The molecular weight excluding hydrogens is 290 g/mol. The molecule has 0 bridgehead atoms. The first-order valence-electron chi connectivity index (χ1n) is 8.41. The molecule has 4 rings (SSSR count). The third-order valence-corrected chi connectivity index (χ3v) is 4.96. The minimum atomic E-state index is 0.181. The third-order valence-electron chi connectivity index (χ3n) is 4.96. The maximum Gasteiger partial charge on any atom is 0.241 e. The molecule has 1 unspecified atom stereocenters. The quantitative estimate of drug-likeness (QED) is 0.786. The molecule has 7 nitrogen and oxygen atoms in total. The van der Waals surface area contributed by atoms with Crippen LogP contribution in [0.1, 0.15) is 43.4 Å². The Morgan fingerprint density at radius 2 is 1.96 bits per heavy atom. The summed E-state index contributed by atoms with van der Waals surface area (Å²) in [6, 6.07) is 3.36. The van der Waals surface area contributed by atoms with Crippen LogP contribution >= 0.6 is 0 Å². The minimum Gasteiger partial charge on any atom is -0.368 e. The van der Waals surface area contributed by atoms with Gasteiger partial charge in [0.05, 0.1) is 11.9 Å². The average Bonchev–Trinajstić information content (AvgIpc) is 3.16. The highest BCUT2D eigenvalue weighted by Gasteiger charge is 2.24. The lowest BCUT2D eigenvalue weighted by molar-refractivity contribution is 0.393. The van der Waals surface area contributed by atoms with Crippen LogP contribution in [0.5, 0.6) is 0 Å². The predicted octanol–water partition coefficient (Wildman–Crippen LogP) is 1.22. The summed E-state index contributed by atoms with van der Waals surface area (Å²) in [4.78, 5) is 8.55. The number of anilines is 2. The molecule has 5 N–H and O–H groups in total. The van der Waals surface area contributed by atoms with E-state index in [0.29, 0.717) is 18.0 Å². The largest absolute Gasteiger partial charge is 0.368 e. The summed E-state index contributed by atoms with van der Waals surface area (Å²) in [6.45, 7) is 0. The fourth-order valence-electron chi connectivity index (χ4n) is 3.82. The van der Waals surface area contributed by atoms with E-state index in [-0.39, 0.29) is 5.95 Å². The zero-order chi connectivity index (χ0) is 15.8. The van der Waals surface area contributed by atoms with E-state index >= 15 is 0 Å². The number of pyridine rings is 1. The highest BCUT2D eigenvalue weighted by molar-refractivity contribution is 5.42. The summed E-state index contributed by atoms with van der Waals surface area (Å²) >= 11 is 0. The molecule has 2 aromatic heterocycles. The van der Waals surface area contributed by atoms with Crippen LogP contribution in [-0.2, 0) is 12.8 Å². The zero-order valence-corrected chi connectivity index (χ0v) is 13.2. The Bertz CT molecular complexity index is 702. The van der Waals surface area contributed by atoms with Crippen LogP contribution in [-0.4, -0.2) is 31.8 Å². The van der Waals surface area contributed by atoms with Gasteiger partial charge in [-0.2, -0.15) is 9.67 Å². The molecule has 2 aliphatic carbocycles. The second-order valence-electron chi connectivity index (χ2n) is 6.63. The van der Waals surface area contributed by atoms with Crippen molar-refractivity contribution in [2.45, 2.75) is 57.0 Å². The van der Waals surface area contributed by atoms with E-state index in [9.17, 15) is 0 Å². The average molecular weight is 313 g/mol. The number of nitrogen functional groups attached to an aromatic ring is 2. The van der Waals surface area contributed by atoms with Crippen LogP contribution in [0.4, 0.5) is 11.9 Å². The van der Waals surface area contributed by atoms with Gasteiger partial charge >= 0.3 is 0 Å². The number of nitrogens with one attached hydrogen (secondary N) is 1. The lowest BCUT2D eigenvalue weighted by Gasteiger charge is -2.28. The standard InChI is InChI=1S/C16H23N7/c17-15-21-16(18)23(22-15)13-8-10-7-12(5-6-14(10)19-9-13)20-11-3-1-2-4-11/h8-9,11-12,20H,1-7H2,(H4,17,18,21,22). The number of fused-ring (bicyclic) bond motifs is 1. The Kier molecular flexibility index (Phi) is 3.65. The molecular formula is C16H23N7. The van der Waals surface area contributed by atoms with Gasteiger partial charge in [-0.15, -0.1) is 5.10 Å². The fourth-order valence-corrected chi connectivity index (χ4v) is 3.82. The van der Waals surface area contributed by atoms with Crippen molar-refractivity contribution in [3.63, 3.8) is 0 Å². The Morgan fingerprint density at radius 3 is 2.70 bits per heavy atom. The number of nitrogens with two attached hydrogens (primary N) is 2. The fraction of sp³-hybridized carbons (Fsp3) is 0.562. The predicted molar refractivity (Wildman–Crippen MR) is 89.2 cm³/mol. The van der Waals surface area contributed by atoms with Gasteiger partial charge in [-0.25, -0.2) is 0 Å². The maximum absolute atomic E-state index is 5.85. The first kappa shape index (κ1) is 14.4. The van der Waals surface area contributed by atoms with Gasteiger partial charge in [0.15, 0.2) is 0 Å². The molecule has 0 aromatic carbocycles. The van der Waals surface area contributed by atoms with E-state index in [0.717, 1.165) is 24.9 Å². The summed E-state index contributed by atoms with van der Waals surface area (Å²) in [5.74, 6) is 0.474. The summed E-state index contributed by atoms with van der Waals surface area (Å²) in [6.07, 6.45) is 10.3. The minimum absolute atomic E-state index is 0.181. The molecule has 0 spiro atoms. The molecule has 0 saturated heterocycles. The van der Waals surface area contributed by atoms with Gasteiger partial charge in [-0.05, 0) is 43.7 Å². The van der Waals surface area contributed by atoms with Crippen molar-refractivity contribution in [2.24, 2.45) is 0 Å². The molecule has 2 aliphatic rings. The zero-order valence-electron chi connectivity index (χ0n) is 13.2. The lowest BCUT2D eigenvalue weighted by atomic mass is 9.91. The topological polar surface area (TPSA) is 108 Å². The monoisotopic (exact) mass is 313 g/mol. The number of hydrogen-bond acceptors (Lipinski definition) is 6. The van der Waals surface area contributed by atoms with Crippen LogP contribution in [0, 0.1) is 0 Å². The van der Waals surface area contributed by atoms with Crippen LogP contribution in [0.3, 0.4) is 0 Å². The van der Waals surface area contributed by atoms with Gasteiger partial charge in [-0.3, -0.25) is 4.98 Å². The lowest BCUT2D eigenvalue weighted by Crippen LogP contribution is -2.40. The van der Waals surface area contributed by atoms with E-state index in [1.54, 1.807) is 10.9 Å². The van der Waals surface area contributed by atoms with Crippen molar-refractivity contribution in [3.8, 4) is 5.69 Å². The number of aromatic nitrogens is 4. The number of hydrogen-bond donors (Lipinski definition) is 3. The van der Waals surface area contributed by atoms with Gasteiger partial charge < -0.3 is 16.8 Å². The Labute approximate surface area is 135 Å². The van der Waals surface area contributed by atoms with Crippen LogP contribution in [0.15, 0.2) is 12.3 Å². The molecule has 1 fully saturated rings. The number of rotatable bonds is 3. The molecule has 1 saturated carbocycles. The maximum atomic E-state index is 5.85. The first-order chi connectivity index (χ1) is 11.2. The summed E-state index contributed by atoms with van der Waals surface area (Å²) in [5, 5.41) is 7.96. The number of nitrogens with zero attached hydrogens (tertiary/aromatic N) is 4. The molecule has 7 heteroatoms. The Morgan fingerprint density at radius 1 is 1.13 bits per heavy atom. The van der Waals surface area contributed by atoms with E-state index in [1.165, 1.54) is 36.9 Å². The number of aryl methyl sites for hydroxylation is 1. The molecule has 23 heavy (non-hydrogen) atoms. The third kappa shape index (κ3) is 2.88.